The van der Waals surface area contributed by atoms with Gasteiger partial charge in [0.25, 0.3) is 5.91 Å². The maximum atomic E-state index is 14.2. The zero-order valence-corrected chi connectivity index (χ0v) is 15.9. The van der Waals surface area contributed by atoms with Crippen LogP contribution in [0.2, 0.25) is 0 Å². The van der Waals surface area contributed by atoms with Crippen LogP contribution in [0.4, 0.5) is 9.52 Å². The van der Waals surface area contributed by atoms with E-state index >= 15 is 0 Å². The molecule has 1 aromatic heterocycles. The minimum Gasteiger partial charge on any atom is -0.379 e. The van der Waals surface area contributed by atoms with E-state index in [1.54, 1.807) is 0 Å². The predicted molar refractivity (Wildman–Crippen MR) is 95.5 cm³/mol. The molecule has 1 aliphatic rings. The van der Waals surface area contributed by atoms with Gasteiger partial charge in [-0.3, -0.25) is 10.1 Å². The van der Waals surface area contributed by atoms with Gasteiger partial charge in [-0.25, -0.2) is 17.8 Å². The molecule has 2 heterocycles. The lowest BCUT2D eigenvalue weighted by atomic mass is 10.2. The summed E-state index contributed by atoms with van der Waals surface area (Å²) in [6.45, 7) is 4.51. The summed E-state index contributed by atoms with van der Waals surface area (Å²) in [5, 5.41) is 3.02. The van der Waals surface area contributed by atoms with Crippen molar-refractivity contribution in [2.24, 2.45) is 0 Å². The van der Waals surface area contributed by atoms with Gasteiger partial charge in [0.2, 0.25) is 10.0 Å². The quantitative estimate of drug-likeness (QED) is 0.851. The summed E-state index contributed by atoms with van der Waals surface area (Å²) in [6, 6.07) is 3.29. The number of benzene rings is 1. The molecule has 10 heteroatoms. The topological polar surface area (TPSA) is 88.6 Å². The Kier molecular flexibility index (Phi) is 5.37. The van der Waals surface area contributed by atoms with Crippen molar-refractivity contribution in [3.05, 3.63) is 40.2 Å². The van der Waals surface area contributed by atoms with Crippen molar-refractivity contribution in [3.8, 4) is 0 Å². The van der Waals surface area contributed by atoms with Crippen LogP contribution in [0.15, 0.2) is 23.1 Å². The molecule has 1 saturated heterocycles. The van der Waals surface area contributed by atoms with Crippen molar-refractivity contribution in [2.45, 2.75) is 18.7 Å². The lowest BCUT2D eigenvalue weighted by molar-refractivity contribution is 0.0729. The minimum atomic E-state index is -4.04. The fraction of sp³-hybridized carbons (Fsp3) is 0.375. The third kappa shape index (κ3) is 3.78. The van der Waals surface area contributed by atoms with E-state index in [4.69, 9.17) is 4.74 Å². The Labute approximate surface area is 154 Å². The van der Waals surface area contributed by atoms with Crippen LogP contribution >= 0.6 is 11.3 Å². The van der Waals surface area contributed by atoms with Crippen molar-refractivity contribution >= 4 is 32.4 Å². The fourth-order valence-corrected chi connectivity index (χ4v) is 4.77. The normalized spacial score (nSPS) is 15.8. The van der Waals surface area contributed by atoms with E-state index < -0.39 is 26.6 Å². The molecule has 0 bridgehead atoms. The Hall–Kier alpha value is -1.88. The number of carbonyl (C=O) groups excluding carboxylic acids is 1. The standard InChI is InChI=1S/C16H18FN3O4S2/c1-10-11(2)25-16(18-10)19-15(21)12-3-4-13(17)14(9-12)26(22,23)20-5-7-24-8-6-20/h3-4,9H,5-8H2,1-2H3,(H,18,19,21). The smallest absolute Gasteiger partial charge is 0.257 e. The number of nitrogens with one attached hydrogen (secondary N) is 1. The first-order valence-electron chi connectivity index (χ1n) is 7.92. The Morgan fingerprint density at radius 1 is 1.31 bits per heavy atom. The molecule has 2 aromatic rings. The summed E-state index contributed by atoms with van der Waals surface area (Å²) in [5.74, 6) is -1.44. The highest BCUT2D eigenvalue weighted by Gasteiger charge is 2.29. The number of amides is 1. The summed E-state index contributed by atoms with van der Waals surface area (Å²) in [4.78, 5) is 17.1. The second-order valence-electron chi connectivity index (χ2n) is 5.78. The van der Waals surface area contributed by atoms with Gasteiger partial charge in [-0.15, -0.1) is 11.3 Å². The third-order valence-corrected chi connectivity index (χ3v) is 6.93. The molecule has 0 unspecified atom stereocenters. The van der Waals surface area contributed by atoms with Crippen LogP contribution in [-0.4, -0.2) is 49.9 Å². The van der Waals surface area contributed by atoms with Crippen LogP contribution in [0, 0.1) is 19.7 Å². The fourth-order valence-electron chi connectivity index (χ4n) is 2.46. The predicted octanol–water partition coefficient (Wildman–Crippen LogP) is 2.17. The van der Waals surface area contributed by atoms with Gasteiger partial charge in [0.05, 0.1) is 18.9 Å². The molecule has 0 spiro atoms. The van der Waals surface area contributed by atoms with E-state index in [0.717, 1.165) is 27.0 Å². The Balaban J connectivity index is 1.88. The van der Waals surface area contributed by atoms with Crippen molar-refractivity contribution < 1.29 is 22.3 Å². The number of morpholine rings is 1. The molecule has 3 rings (SSSR count). The monoisotopic (exact) mass is 399 g/mol. The maximum absolute atomic E-state index is 14.2. The molecule has 0 radical (unpaired) electrons. The molecule has 7 nitrogen and oxygen atoms in total. The van der Waals surface area contributed by atoms with Gasteiger partial charge in [0.15, 0.2) is 5.13 Å². The van der Waals surface area contributed by atoms with E-state index in [1.807, 2.05) is 13.8 Å². The second-order valence-corrected chi connectivity index (χ2v) is 8.89. The van der Waals surface area contributed by atoms with Crippen LogP contribution in [0.1, 0.15) is 20.9 Å². The Morgan fingerprint density at radius 2 is 2.00 bits per heavy atom. The van der Waals surface area contributed by atoms with Gasteiger partial charge >= 0.3 is 0 Å². The molecule has 1 aliphatic heterocycles. The van der Waals surface area contributed by atoms with E-state index in [2.05, 4.69) is 10.3 Å². The first kappa shape index (κ1) is 18.9. The van der Waals surface area contributed by atoms with E-state index in [0.29, 0.717) is 5.13 Å². The molecule has 0 aliphatic carbocycles. The van der Waals surface area contributed by atoms with E-state index in [1.165, 1.54) is 17.4 Å². The first-order chi connectivity index (χ1) is 12.3. The number of hydrogen-bond donors (Lipinski definition) is 1. The van der Waals surface area contributed by atoms with E-state index in [-0.39, 0.29) is 31.9 Å². The largest absolute Gasteiger partial charge is 0.379 e. The number of rotatable bonds is 4. The van der Waals surface area contributed by atoms with Crippen molar-refractivity contribution in [1.29, 1.82) is 0 Å². The average molecular weight is 399 g/mol. The SMILES string of the molecule is Cc1nc(NC(=O)c2ccc(F)c(S(=O)(=O)N3CCOCC3)c2)sc1C. The van der Waals surface area contributed by atoms with Gasteiger partial charge in [0, 0.05) is 23.5 Å². The number of halogens is 1. The molecular formula is C16H18FN3O4S2. The maximum Gasteiger partial charge on any atom is 0.257 e. The number of aromatic nitrogens is 1. The average Bonchev–Trinajstić information content (AvgIpc) is 2.93. The molecule has 0 atom stereocenters. The number of aryl methyl sites for hydroxylation is 2. The van der Waals surface area contributed by atoms with Gasteiger partial charge < -0.3 is 4.74 Å². The molecular weight excluding hydrogens is 381 g/mol. The number of carbonyl (C=O) groups is 1. The molecule has 0 saturated carbocycles. The third-order valence-electron chi connectivity index (χ3n) is 4.03. The van der Waals surface area contributed by atoms with Crippen LogP contribution in [-0.2, 0) is 14.8 Å². The van der Waals surface area contributed by atoms with Gasteiger partial charge in [-0.2, -0.15) is 4.31 Å². The molecule has 1 fully saturated rings. The number of thiazole rings is 1. The molecule has 1 N–H and O–H groups in total. The highest BCUT2D eigenvalue weighted by atomic mass is 32.2. The zero-order valence-electron chi connectivity index (χ0n) is 14.3. The highest BCUT2D eigenvalue weighted by molar-refractivity contribution is 7.89. The summed E-state index contributed by atoms with van der Waals surface area (Å²) in [7, 11) is -4.04. The van der Waals surface area contributed by atoms with Crippen LogP contribution in [0.25, 0.3) is 0 Å². The van der Waals surface area contributed by atoms with Crippen LogP contribution in [0.3, 0.4) is 0 Å². The lowest BCUT2D eigenvalue weighted by Gasteiger charge is -2.26. The van der Waals surface area contributed by atoms with Gasteiger partial charge in [-0.05, 0) is 32.0 Å². The first-order valence-corrected chi connectivity index (χ1v) is 10.2. The number of ether oxygens (including phenoxy) is 1. The summed E-state index contributed by atoms with van der Waals surface area (Å²) < 4.78 is 45.8. The summed E-state index contributed by atoms with van der Waals surface area (Å²) >= 11 is 1.32. The van der Waals surface area contributed by atoms with Crippen molar-refractivity contribution in [3.63, 3.8) is 0 Å². The van der Waals surface area contributed by atoms with Crippen molar-refractivity contribution in [2.75, 3.05) is 31.6 Å². The van der Waals surface area contributed by atoms with E-state index in [9.17, 15) is 17.6 Å². The number of hydrogen-bond acceptors (Lipinski definition) is 6. The summed E-state index contributed by atoms with van der Waals surface area (Å²) in [6.07, 6.45) is 0. The van der Waals surface area contributed by atoms with Crippen LogP contribution in [0.5, 0.6) is 0 Å². The van der Waals surface area contributed by atoms with Gasteiger partial charge in [0.1, 0.15) is 10.7 Å². The highest BCUT2D eigenvalue weighted by Crippen LogP contribution is 2.24. The lowest BCUT2D eigenvalue weighted by Crippen LogP contribution is -2.41. The Morgan fingerprint density at radius 3 is 2.62 bits per heavy atom. The number of nitrogens with zero attached hydrogens (tertiary/aromatic N) is 2. The van der Waals surface area contributed by atoms with Crippen molar-refractivity contribution in [1.82, 2.24) is 9.29 Å². The second kappa shape index (κ2) is 7.39. The number of sulfonamides is 1. The number of anilines is 1. The summed E-state index contributed by atoms with van der Waals surface area (Å²) in [5.41, 5.74) is 0.851. The molecule has 1 aromatic carbocycles. The molecule has 1 amide bonds. The zero-order chi connectivity index (χ0) is 18.9. The Bertz CT molecular complexity index is 917. The molecule has 26 heavy (non-hydrogen) atoms. The van der Waals surface area contributed by atoms with Crippen LogP contribution < -0.4 is 5.32 Å². The molecule has 140 valence electrons. The minimum absolute atomic E-state index is 0.0451. The van der Waals surface area contributed by atoms with Gasteiger partial charge in [-0.1, -0.05) is 0 Å².